The van der Waals surface area contributed by atoms with Crippen LogP contribution in [0.3, 0.4) is 0 Å². The normalized spacial score (nSPS) is 20.4. The first-order valence-electron chi connectivity index (χ1n) is 17.5. The van der Waals surface area contributed by atoms with Crippen LogP contribution in [0, 0.1) is 6.92 Å². The van der Waals surface area contributed by atoms with E-state index in [0.29, 0.717) is 68.4 Å². The summed E-state index contributed by atoms with van der Waals surface area (Å²) in [4.78, 5) is 15.3. The fourth-order valence-electron chi connectivity index (χ4n) is 7.41. The number of ether oxygens (including phenoxy) is 3. The Morgan fingerprint density at radius 1 is 1.10 bits per heavy atom. The van der Waals surface area contributed by atoms with Crippen molar-refractivity contribution in [1.82, 2.24) is 39.4 Å². The van der Waals surface area contributed by atoms with E-state index in [9.17, 15) is 0 Å². The number of likely N-dealkylation sites (N-methyl/N-ethyl adjacent to an activating group) is 1. The molecule has 48 heavy (non-hydrogen) atoms. The van der Waals surface area contributed by atoms with E-state index in [-0.39, 0.29) is 6.04 Å². The molecule has 0 radical (unpaired) electrons. The highest BCUT2D eigenvalue weighted by Crippen LogP contribution is 2.44. The zero-order valence-corrected chi connectivity index (χ0v) is 31.8. The van der Waals surface area contributed by atoms with E-state index in [1.807, 2.05) is 10.9 Å². The van der Waals surface area contributed by atoms with Crippen LogP contribution in [0.4, 0.5) is 5.82 Å². The summed E-state index contributed by atoms with van der Waals surface area (Å²) in [7, 11) is 2.19. The molecule has 7 rings (SSSR count). The molecule has 0 spiro atoms. The molecule has 0 saturated carbocycles. The molecule has 15 heteroatoms. The lowest BCUT2D eigenvalue weighted by Gasteiger charge is -2.29. The van der Waals surface area contributed by atoms with Gasteiger partial charge in [-0.1, -0.05) is 31.8 Å². The summed E-state index contributed by atoms with van der Waals surface area (Å²) < 4.78 is 29.3. The number of halogens is 1. The lowest BCUT2D eigenvalue weighted by atomic mass is 9.97. The minimum absolute atomic E-state index is 0.0126. The Labute approximate surface area is 296 Å². The Morgan fingerprint density at radius 2 is 1.92 bits per heavy atom. The minimum Gasteiger partial charge on any atom is -0.474 e. The van der Waals surface area contributed by atoms with Crippen LogP contribution in [0.5, 0.6) is 5.88 Å². The van der Waals surface area contributed by atoms with Crippen molar-refractivity contribution in [3.05, 3.63) is 28.8 Å². The van der Waals surface area contributed by atoms with Gasteiger partial charge < -0.3 is 28.5 Å². The molecule has 0 aliphatic carbocycles. The average molecular weight is 792 g/mol. The van der Waals surface area contributed by atoms with Gasteiger partial charge in [0.15, 0.2) is 22.9 Å². The highest BCUT2D eigenvalue weighted by Gasteiger charge is 2.45. The van der Waals surface area contributed by atoms with E-state index in [1.165, 1.54) is 6.42 Å². The van der Waals surface area contributed by atoms with E-state index in [2.05, 4.69) is 76.1 Å². The topological polar surface area (TPSA) is 122 Å². The molecule has 0 bridgehead atoms. The molecule has 260 valence electrons. The molecule has 13 nitrogen and oxygen atoms in total. The molecule has 2 saturated heterocycles. The van der Waals surface area contributed by atoms with Crippen LogP contribution in [0.2, 0.25) is 0 Å². The summed E-state index contributed by atoms with van der Waals surface area (Å²) in [5.74, 6) is 1.62. The van der Waals surface area contributed by atoms with Crippen LogP contribution in [0.15, 0.2) is 10.7 Å². The number of nitrogens with zero attached hydrogens (tertiary/aromatic N) is 9. The first-order valence-corrected chi connectivity index (χ1v) is 21.5. The Bertz CT molecular complexity index is 1740. The maximum atomic E-state index is 6.36. The lowest BCUT2D eigenvalue weighted by molar-refractivity contribution is -0.186. The average Bonchev–Trinajstić information content (AvgIpc) is 3.92. The molecule has 3 atom stereocenters. The van der Waals surface area contributed by atoms with Crippen LogP contribution in [0.25, 0.3) is 22.6 Å². The Balaban J connectivity index is 1.40. The van der Waals surface area contributed by atoms with E-state index in [4.69, 9.17) is 39.0 Å². The Morgan fingerprint density at radius 3 is 2.62 bits per heavy atom. The van der Waals surface area contributed by atoms with Crippen molar-refractivity contribution < 1.29 is 18.7 Å². The van der Waals surface area contributed by atoms with Crippen molar-refractivity contribution in [2.75, 3.05) is 44.9 Å². The summed E-state index contributed by atoms with van der Waals surface area (Å²) in [6, 6.07) is 0.360. The number of hydrogen-bond acceptors (Lipinski definition) is 11. The fourth-order valence-corrected chi connectivity index (χ4v) is 9.22. The second-order valence-corrected chi connectivity index (χ2v) is 15.3. The second kappa shape index (κ2) is 14.5. The summed E-state index contributed by atoms with van der Waals surface area (Å²) in [6.07, 6.45) is 10.3. The lowest BCUT2D eigenvalue weighted by Crippen LogP contribution is -2.32. The third-order valence-electron chi connectivity index (χ3n) is 10.2. The van der Waals surface area contributed by atoms with Gasteiger partial charge in [0.2, 0.25) is 11.7 Å². The van der Waals surface area contributed by atoms with Crippen LogP contribution >= 0.6 is 28.4 Å². The number of likely N-dealkylation sites (tertiary alicyclic amines) is 1. The van der Waals surface area contributed by atoms with Gasteiger partial charge in [0.05, 0.1) is 44.9 Å². The third-order valence-corrected chi connectivity index (χ3v) is 12.2. The summed E-state index contributed by atoms with van der Waals surface area (Å²) in [6.45, 7) is 12.7. The molecule has 2 fully saturated rings. The summed E-state index contributed by atoms with van der Waals surface area (Å²) in [5.41, 5.74) is 4.69. The number of anilines is 1. The largest absolute Gasteiger partial charge is 0.474 e. The number of rotatable bonds is 13. The predicted octanol–water partition coefficient (Wildman–Crippen LogP) is 6.56. The van der Waals surface area contributed by atoms with Crippen molar-refractivity contribution in [2.45, 2.75) is 103 Å². The van der Waals surface area contributed by atoms with E-state index in [1.54, 1.807) is 0 Å². The number of aromatic nitrogens is 7. The first-order chi connectivity index (χ1) is 23.4. The fraction of sp³-hybridized carbons (Fsp3) is 0.667. The van der Waals surface area contributed by atoms with Gasteiger partial charge in [-0.25, -0.2) is 19.1 Å². The molecular weight excluding hydrogens is 744 g/mol. The highest BCUT2D eigenvalue weighted by molar-refractivity contribution is 14.2. The van der Waals surface area contributed by atoms with Gasteiger partial charge in [-0.15, -0.1) is 5.10 Å². The Kier molecular flexibility index (Phi) is 10.3. The van der Waals surface area contributed by atoms with Crippen LogP contribution in [-0.4, -0.2) is 85.4 Å². The molecule has 3 aliphatic rings. The minimum atomic E-state index is -0.937. The van der Waals surface area contributed by atoms with E-state index in [0.717, 1.165) is 85.3 Å². The molecular formula is C33H47IN9O4P. The Hall–Kier alpha value is -2.39. The summed E-state index contributed by atoms with van der Waals surface area (Å²) >= 11 is 2.38. The number of unbranched alkanes of at least 4 members (excludes halogenated alkanes) is 2. The van der Waals surface area contributed by atoms with E-state index < -0.39 is 5.79 Å². The molecule has 0 N–H and O–H groups in total. The van der Waals surface area contributed by atoms with Gasteiger partial charge in [-0.05, 0) is 81.6 Å². The molecule has 4 aromatic heterocycles. The van der Waals surface area contributed by atoms with Crippen molar-refractivity contribution in [2.24, 2.45) is 0 Å². The zero-order chi connectivity index (χ0) is 33.4. The van der Waals surface area contributed by atoms with Gasteiger partial charge in [0.1, 0.15) is 17.8 Å². The zero-order valence-electron chi connectivity index (χ0n) is 28.7. The standard InChI is InChI=1S/C33H47IN9O4P/c1-6-8-12-24-27(39-47-28(24)33(13-9-7-2)45-17-18-46-33)29-36-30-26-31(37-29)42(20-23-11-10-14-40(23)5)38-32(26)44-16-15-41(30)21(3)25-19-35-43(48-34)22(25)4/h19,21,23,48H,6-18,20H2,1-5H3. The molecule has 4 aromatic rings. The molecule has 3 aliphatic heterocycles. The SMILES string of the molecule is CCCCc1c(-c2nc3c4c(nn(CC5CCCN5C)c4n2)OCCN3C(C)c2cnn(PI)c2C)noc1C1(CCCC)OCCO1. The molecule has 7 heterocycles. The molecule has 3 unspecified atom stereocenters. The van der Waals surface area contributed by atoms with Gasteiger partial charge in [0.25, 0.3) is 0 Å². The van der Waals surface area contributed by atoms with Gasteiger partial charge in [-0.2, -0.15) is 5.10 Å². The smallest absolute Gasteiger partial charge is 0.246 e. The van der Waals surface area contributed by atoms with Crippen LogP contribution in [-0.2, 0) is 28.2 Å². The van der Waals surface area contributed by atoms with E-state index >= 15 is 0 Å². The quantitative estimate of drug-likeness (QED) is 0.108. The van der Waals surface area contributed by atoms with Crippen LogP contribution in [0.1, 0.15) is 94.3 Å². The second-order valence-electron chi connectivity index (χ2n) is 13.2. The third kappa shape index (κ3) is 6.13. The highest BCUT2D eigenvalue weighted by atomic mass is 127. The van der Waals surface area contributed by atoms with Gasteiger partial charge in [0, 0.05) is 29.3 Å². The first kappa shape index (κ1) is 34.1. The van der Waals surface area contributed by atoms with Crippen molar-refractivity contribution in [3.63, 3.8) is 0 Å². The maximum absolute atomic E-state index is 6.36. The monoisotopic (exact) mass is 791 g/mol. The van der Waals surface area contributed by atoms with Crippen molar-refractivity contribution >= 4 is 45.3 Å². The molecule has 0 aromatic carbocycles. The number of hydrogen-bond donors (Lipinski definition) is 0. The van der Waals surface area contributed by atoms with Gasteiger partial charge >= 0.3 is 0 Å². The van der Waals surface area contributed by atoms with Crippen LogP contribution < -0.4 is 9.64 Å². The maximum Gasteiger partial charge on any atom is 0.246 e. The predicted molar refractivity (Wildman–Crippen MR) is 194 cm³/mol. The summed E-state index contributed by atoms with van der Waals surface area (Å²) in [5, 5.41) is 15.3. The van der Waals surface area contributed by atoms with Crippen molar-refractivity contribution in [1.29, 1.82) is 0 Å². The molecule has 0 amide bonds. The van der Waals surface area contributed by atoms with Crippen molar-refractivity contribution in [3.8, 4) is 17.4 Å². The van der Waals surface area contributed by atoms with Gasteiger partial charge in [-0.3, -0.25) is 0 Å².